The zero-order chi connectivity index (χ0) is 23.4. The molecule has 1 N–H and O–H groups in total. The number of nitrogens with zero attached hydrogens (tertiary/aromatic N) is 2. The fraction of sp³-hybridized carbons (Fsp3) is 0.458. The van der Waals surface area contributed by atoms with Gasteiger partial charge < -0.3 is 24.4 Å². The minimum atomic E-state index is -1.35. The number of esters is 1. The standard InChI is InChI=1S/C24H25ClN2O6/c1-23-9-5-14-32-22(31)18(23)17-20(29)27(12-6-13-28)19-21(30)26(11-4-10-24(17,19)33-23)16-8-3-2-7-15(16)25/h2-5,7-10,17-19,28H,6,11-14H2,1H3/t17-,18-,19?,23+,24-/m0/s1. The first kappa shape index (κ1) is 22.1. The average molecular weight is 473 g/mol. The molecule has 0 aromatic heterocycles. The largest absolute Gasteiger partial charge is 0.461 e. The van der Waals surface area contributed by atoms with Gasteiger partial charge in [-0.05, 0) is 31.6 Å². The van der Waals surface area contributed by atoms with Crippen LogP contribution in [-0.4, -0.2) is 71.3 Å². The van der Waals surface area contributed by atoms with Crippen LogP contribution < -0.4 is 4.90 Å². The average Bonchev–Trinajstić information content (AvgIpc) is 3.04. The number of ether oxygens (including phenoxy) is 2. The molecule has 0 bridgehead atoms. The zero-order valence-corrected chi connectivity index (χ0v) is 18.9. The summed E-state index contributed by atoms with van der Waals surface area (Å²) >= 11 is 6.40. The Kier molecular flexibility index (Phi) is 5.34. The molecule has 2 fully saturated rings. The lowest BCUT2D eigenvalue weighted by Crippen LogP contribution is -2.56. The molecule has 5 atom stereocenters. The van der Waals surface area contributed by atoms with E-state index in [1.807, 2.05) is 0 Å². The Morgan fingerprint density at radius 2 is 1.91 bits per heavy atom. The van der Waals surface area contributed by atoms with Gasteiger partial charge in [-0.1, -0.05) is 42.0 Å². The second-order valence-electron chi connectivity index (χ2n) is 8.94. The molecule has 1 unspecified atom stereocenters. The summed E-state index contributed by atoms with van der Waals surface area (Å²) < 4.78 is 11.9. The van der Waals surface area contributed by atoms with E-state index in [-0.39, 0.29) is 38.1 Å². The van der Waals surface area contributed by atoms with Gasteiger partial charge in [-0.2, -0.15) is 0 Å². The van der Waals surface area contributed by atoms with Gasteiger partial charge in [0.15, 0.2) is 0 Å². The molecule has 33 heavy (non-hydrogen) atoms. The Morgan fingerprint density at radius 1 is 1.12 bits per heavy atom. The molecule has 2 amide bonds. The molecule has 1 aromatic rings. The first-order chi connectivity index (χ1) is 15.8. The third kappa shape index (κ3) is 3.15. The monoisotopic (exact) mass is 472 g/mol. The molecular formula is C24H25ClN2O6. The molecule has 1 aromatic carbocycles. The van der Waals surface area contributed by atoms with Gasteiger partial charge in [0.05, 0.1) is 22.2 Å². The smallest absolute Gasteiger partial charge is 0.313 e. The maximum absolute atomic E-state index is 14.1. The summed E-state index contributed by atoms with van der Waals surface area (Å²) in [7, 11) is 0. The van der Waals surface area contributed by atoms with Crippen molar-refractivity contribution in [3.05, 3.63) is 53.6 Å². The Hall–Kier alpha value is -2.68. The number of halogens is 1. The highest BCUT2D eigenvalue weighted by molar-refractivity contribution is 6.34. The van der Waals surface area contributed by atoms with Crippen LogP contribution >= 0.6 is 11.6 Å². The third-order valence-corrected chi connectivity index (χ3v) is 7.33. The number of benzene rings is 1. The molecule has 2 saturated heterocycles. The van der Waals surface area contributed by atoms with Crippen LogP contribution in [0.15, 0.2) is 48.6 Å². The number of hydrogen-bond acceptors (Lipinski definition) is 6. The lowest BCUT2D eigenvalue weighted by molar-refractivity contribution is -0.156. The number of anilines is 1. The van der Waals surface area contributed by atoms with Crippen LogP contribution in [0.3, 0.4) is 0 Å². The number of likely N-dealkylation sites (tertiary alicyclic amines) is 1. The summed E-state index contributed by atoms with van der Waals surface area (Å²) in [6.07, 6.45) is 7.31. The summed E-state index contributed by atoms with van der Waals surface area (Å²) in [6.45, 7) is 2.12. The zero-order valence-electron chi connectivity index (χ0n) is 18.1. The van der Waals surface area contributed by atoms with Gasteiger partial charge in [0.2, 0.25) is 5.91 Å². The van der Waals surface area contributed by atoms with E-state index >= 15 is 0 Å². The third-order valence-electron chi connectivity index (χ3n) is 7.01. The quantitative estimate of drug-likeness (QED) is 0.529. The molecule has 1 spiro atoms. The van der Waals surface area contributed by atoms with Crippen molar-refractivity contribution in [1.82, 2.24) is 4.90 Å². The summed E-state index contributed by atoms with van der Waals surface area (Å²) in [5.74, 6) is -3.04. The van der Waals surface area contributed by atoms with Gasteiger partial charge in [-0.3, -0.25) is 14.4 Å². The highest BCUT2D eigenvalue weighted by Crippen LogP contribution is 2.57. The van der Waals surface area contributed by atoms with Gasteiger partial charge in [0.25, 0.3) is 5.91 Å². The summed E-state index contributed by atoms with van der Waals surface area (Å²) in [5, 5.41) is 9.84. The normalized spacial score (nSPS) is 35.1. The Bertz CT molecular complexity index is 1070. The van der Waals surface area contributed by atoms with Crippen molar-refractivity contribution in [3.63, 3.8) is 0 Å². The number of fused-ring (bicyclic) bond motifs is 2. The topological polar surface area (TPSA) is 96.4 Å². The van der Waals surface area contributed by atoms with Crippen molar-refractivity contribution >= 4 is 35.1 Å². The van der Waals surface area contributed by atoms with E-state index in [1.54, 1.807) is 55.5 Å². The van der Waals surface area contributed by atoms with Crippen LogP contribution in [0.1, 0.15) is 13.3 Å². The predicted molar refractivity (Wildman–Crippen MR) is 119 cm³/mol. The van der Waals surface area contributed by atoms with Crippen LogP contribution in [0.2, 0.25) is 5.02 Å². The highest BCUT2D eigenvalue weighted by Gasteiger charge is 2.74. The number of para-hydroxylation sites is 1. The summed E-state index contributed by atoms with van der Waals surface area (Å²) in [6, 6.07) is 6.00. The number of amides is 2. The number of hydrogen-bond donors (Lipinski definition) is 1. The van der Waals surface area contributed by atoms with Gasteiger partial charge in [0, 0.05) is 19.7 Å². The van der Waals surface area contributed by atoms with E-state index in [9.17, 15) is 19.5 Å². The SMILES string of the molecule is C[C@@]12C=CCOC(=O)[C@@H]1[C@H]1C(=O)N(CCCO)C3C(=O)N(c4ccccc4Cl)CC=C[C@@]31O2. The number of cyclic esters (lactones) is 1. The van der Waals surface area contributed by atoms with Gasteiger partial charge in [-0.25, -0.2) is 0 Å². The molecule has 0 aliphatic carbocycles. The maximum atomic E-state index is 14.1. The second-order valence-corrected chi connectivity index (χ2v) is 9.35. The Balaban J connectivity index is 1.65. The molecule has 8 nitrogen and oxygen atoms in total. The number of carbonyl (C=O) groups excluding carboxylic acids is 3. The number of carbonyl (C=O) groups is 3. The molecule has 4 aliphatic rings. The van der Waals surface area contributed by atoms with Crippen LogP contribution in [0.4, 0.5) is 5.69 Å². The first-order valence-corrected chi connectivity index (χ1v) is 11.4. The molecule has 4 heterocycles. The van der Waals surface area contributed by atoms with Crippen LogP contribution in [0.25, 0.3) is 0 Å². The highest BCUT2D eigenvalue weighted by atomic mass is 35.5. The molecule has 0 saturated carbocycles. The molecule has 5 rings (SSSR count). The van der Waals surface area contributed by atoms with Crippen molar-refractivity contribution < 1.29 is 29.0 Å². The molecule has 0 radical (unpaired) electrons. The van der Waals surface area contributed by atoms with E-state index in [2.05, 4.69) is 0 Å². The van der Waals surface area contributed by atoms with Crippen LogP contribution in [0.5, 0.6) is 0 Å². The fourth-order valence-corrected chi connectivity index (χ4v) is 5.96. The predicted octanol–water partition coefficient (Wildman–Crippen LogP) is 1.71. The number of rotatable bonds is 4. The molecular weight excluding hydrogens is 448 g/mol. The van der Waals surface area contributed by atoms with E-state index in [4.69, 9.17) is 21.1 Å². The molecule has 9 heteroatoms. The Morgan fingerprint density at radius 3 is 2.67 bits per heavy atom. The molecule has 174 valence electrons. The summed E-state index contributed by atoms with van der Waals surface area (Å²) in [4.78, 5) is 43.8. The first-order valence-electron chi connectivity index (χ1n) is 11.0. The van der Waals surface area contributed by atoms with E-state index in [1.165, 1.54) is 9.80 Å². The van der Waals surface area contributed by atoms with Gasteiger partial charge in [0.1, 0.15) is 24.2 Å². The van der Waals surface area contributed by atoms with Crippen LogP contribution in [0, 0.1) is 11.8 Å². The van der Waals surface area contributed by atoms with E-state index < -0.39 is 35.0 Å². The lowest BCUT2D eigenvalue weighted by Gasteiger charge is -2.37. The van der Waals surface area contributed by atoms with E-state index in [0.717, 1.165) is 0 Å². The number of aliphatic hydroxyl groups is 1. The fourth-order valence-electron chi connectivity index (χ4n) is 5.72. The van der Waals surface area contributed by atoms with Crippen molar-refractivity contribution in [1.29, 1.82) is 0 Å². The Labute approximate surface area is 196 Å². The summed E-state index contributed by atoms with van der Waals surface area (Å²) in [5.41, 5.74) is -1.92. The van der Waals surface area contributed by atoms with Crippen LogP contribution in [-0.2, 0) is 23.9 Å². The second kappa shape index (κ2) is 7.97. The minimum absolute atomic E-state index is 0.106. The maximum Gasteiger partial charge on any atom is 0.313 e. The van der Waals surface area contributed by atoms with Crippen molar-refractivity contribution in [3.8, 4) is 0 Å². The minimum Gasteiger partial charge on any atom is -0.461 e. The lowest BCUT2D eigenvalue weighted by atomic mass is 9.75. The van der Waals surface area contributed by atoms with Crippen molar-refractivity contribution in [2.24, 2.45) is 11.8 Å². The van der Waals surface area contributed by atoms with Gasteiger partial charge >= 0.3 is 5.97 Å². The van der Waals surface area contributed by atoms with Crippen molar-refractivity contribution in [2.75, 3.05) is 31.2 Å². The van der Waals surface area contributed by atoms with Crippen molar-refractivity contribution in [2.45, 2.75) is 30.6 Å². The van der Waals surface area contributed by atoms with E-state index in [0.29, 0.717) is 17.1 Å². The van der Waals surface area contributed by atoms with Gasteiger partial charge in [-0.15, -0.1) is 0 Å². The number of aliphatic hydroxyl groups excluding tert-OH is 1. The molecule has 4 aliphatic heterocycles.